The molecule has 1 aromatic carbocycles. The fraction of sp³-hybridized carbons (Fsp3) is 0.250. The first-order valence-corrected chi connectivity index (χ1v) is 5.81. The molecular formula is C8H12N2O4S. The van der Waals surface area contributed by atoms with Gasteiger partial charge in [0, 0.05) is 5.69 Å². The van der Waals surface area contributed by atoms with E-state index in [-0.39, 0.29) is 0 Å². The van der Waals surface area contributed by atoms with Crippen molar-refractivity contribution in [1.82, 2.24) is 4.83 Å². The summed E-state index contributed by atoms with van der Waals surface area (Å²) in [4.78, 5) is 2.01. The predicted molar refractivity (Wildman–Crippen MR) is 55.2 cm³/mol. The third kappa shape index (κ3) is 4.75. The van der Waals surface area contributed by atoms with Gasteiger partial charge in [-0.2, -0.15) is 0 Å². The average Bonchev–Trinajstić information content (AvgIpc) is 2.15. The molecule has 0 aliphatic rings. The number of para-hydroxylation sites is 1. The maximum atomic E-state index is 11.1. The summed E-state index contributed by atoms with van der Waals surface area (Å²) in [5, 5.41) is 17.0. The highest BCUT2D eigenvalue weighted by Gasteiger charge is 2.14. The molecule has 0 aliphatic heterocycles. The summed E-state index contributed by atoms with van der Waals surface area (Å²) in [5.74, 6) is -0.771. The first kappa shape index (κ1) is 11.9. The normalized spacial score (nSPS) is 11.7. The molecule has 7 heteroatoms. The van der Waals surface area contributed by atoms with Gasteiger partial charge in [0.2, 0.25) is 10.0 Å². The van der Waals surface area contributed by atoms with Gasteiger partial charge >= 0.3 is 0 Å². The minimum Gasteiger partial charge on any atom is -0.367 e. The number of anilines is 1. The molecule has 1 rings (SSSR count). The summed E-state index contributed by atoms with van der Waals surface area (Å²) in [6.45, 7) is 0. The van der Waals surface area contributed by atoms with Gasteiger partial charge in [0.15, 0.2) is 6.29 Å². The molecule has 0 aromatic heterocycles. The lowest BCUT2D eigenvalue weighted by atomic mass is 10.3. The Morgan fingerprint density at radius 1 is 1.20 bits per heavy atom. The third-order valence-electron chi connectivity index (χ3n) is 1.49. The van der Waals surface area contributed by atoms with Crippen molar-refractivity contribution < 1.29 is 18.6 Å². The molecule has 0 amide bonds. The Hall–Kier alpha value is -1.15. The fourth-order valence-electron chi connectivity index (χ4n) is 0.896. The van der Waals surface area contributed by atoms with Crippen LogP contribution in [0.2, 0.25) is 0 Å². The van der Waals surface area contributed by atoms with E-state index in [1.165, 1.54) is 0 Å². The van der Waals surface area contributed by atoms with Gasteiger partial charge in [0.1, 0.15) is 5.75 Å². The monoisotopic (exact) mass is 232 g/mol. The van der Waals surface area contributed by atoms with Crippen molar-refractivity contribution >= 4 is 15.7 Å². The zero-order valence-electron chi connectivity index (χ0n) is 7.79. The van der Waals surface area contributed by atoms with Crippen molar-refractivity contribution in [2.75, 3.05) is 11.2 Å². The Labute approximate surface area is 87.6 Å². The standard InChI is InChI=1S/C8H12N2O4S/c11-8(12)6-15(13,14)10-9-7-4-2-1-3-5-7/h1-5,8-12H,6H2. The summed E-state index contributed by atoms with van der Waals surface area (Å²) in [6.07, 6.45) is -1.89. The van der Waals surface area contributed by atoms with Crippen LogP contribution in [0.25, 0.3) is 0 Å². The zero-order chi connectivity index (χ0) is 11.3. The molecule has 84 valence electrons. The quantitative estimate of drug-likeness (QED) is 0.395. The highest BCUT2D eigenvalue weighted by Crippen LogP contribution is 2.03. The lowest BCUT2D eigenvalue weighted by Gasteiger charge is -2.09. The highest BCUT2D eigenvalue weighted by molar-refractivity contribution is 7.89. The van der Waals surface area contributed by atoms with Crippen LogP contribution in [0.5, 0.6) is 0 Å². The topological polar surface area (TPSA) is 98.7 Å². The number of aliphatic hydroxyl groups excluding tert-OH is 1. The minimum absolute atomic E-state index is 0.563. The SMILES string of the molecule is O=S(=O)(CC(O)O)NNc1ccccc1. The number of benzene rings is 1. The Kier molecular flexibility index (Phi) is 4.04. The molecule has 0 atom stereocenters. The number of sulfonamides is 1. The second kappa shape index (κ2) is 5.08. The van der Waals surface area contributed by atoms with E-state index in [0.29, 0.717) is 5.69 Å². The van der Waals surface area contributed by atoms with Crippen LogP contribution in [-0.4, -0.2) is 30.7 Å². The van der Waals surface area contributed by atoms with Crippen LogP contribution in [-0.2, 0) is 10.0 Å². The molecule has 0 radical (unpaired) electrons. The number of hydrogen-bond donors (Lipinski definition) is 4. The molecule has 0 saturated heterocycles. The molecule has 0 heterocycles. The van der Waals surface area contributed by atoms with Gasteiger partial charge < -0.3 is 15.6 Å². The summed E-state index contributed by atoms with van der Waals surface area (Å²) >= 11 is 0. The van der Waals surface area contributed by atoms with E-state index >= 15 is 0 Å². The molecule has 0 unspecified atom stereocenters. The van der Waals surface area contributed by atoms with Crippen molar-refractivity contribution in [3.8, 4) is 0 Å². The second-order valence-electron chi connectivity index (χ2n) is 2.86. The van der Waals surface area contributed by atoms with Crippen LogP contribution >= 0.6 is 0 Å². The van der Waals surface area contributed by atoms with E-state index in [1.807, 2.05) is 4.83 Å². The Bertz CT molecular complexity index is 390. The third-order valence-corrected chi connectivity index (χ3v) is 2.64. The van der Waals surface area contributed by atoms with Crippen LogP contribution in [0.15, 0.2) is 30.3 Å². The van der Waals surface area contributed by atoms with Crippen LogP contribution < -0.4 is 10.3 Å². The molecule has 0 aliphatic carbocycles. The lowest BCUT2D eigenvalue weighted by molar-refractivity contribution is -0.0199. The zero-order valence-corrected chi connectivity index (χ0v) is 8.61. The number of hydrazine groups is 1. The molecular weight excluding hydrogens is 220 g/mol. The van der Waals surface area contributed by atoms with Gasteiger partial charge in [-0.05, 0) is 12.1 Å². The molecule has 6 nitrogen and oxygen atoms in total. The molecule has 0 fully saturated rings. The highest BCUT2D eigenvalue weighted by atomic mass is 32.2. The van der Waals surface area contributed by atoms with Gasteiger partial charge in [0.25, 0.3) is 0 Å². The van der Waals surface area contributed by atoms with Gasteiger partial charge in [-0.1, -0.05) is 18.2 Å². The van der Waals surface area contributed by atoms with Crippen molar-refractivity contribution in [3.63, 3.8) is 0 Å². The average molecular weight is 232 g/mol. The molecule has 4 N–H and O–H groups in total. The summed E-state index contributed by atoms with van der Waals surface area (Å²) in [7, 11) is -3.74. The minimum atomic E-state index is -3.74. The molecule has 15 heavy (non-hydrogen) atoms. The van der Waals surface area contributed by atoms with Crippen molar-refractivity contribution in [2.45, 2.75) is 6.29 Å². The summed E-state index contributed by atoms with van der Waals surface area (Å²) in [5.41, 5.74) is 2.99. The lowest BCUT2D eigenvalue weighted by Crippen LogP contribution is -2.35. The van der Waals surface area contributed by atoms with Gasteiger partial charge in [0.05, 0.1) is 0 Å². The van der Waals surface area contributed by atoms with E-state index in [1.54, 1.807) is 30.3 Å². The maximum absolute atomic E-state index is 11.1. The Morgan fingerprint density at radius 2 is 1.80 bits per heavy atom. The number of rotatable bonds is 5. The number of hydrogen-bond acceptors (Lipinski definition) is 5. The van der Waals surface area contributed by atoms with Crippen LogP contribution in [0.3, 0.4) is 0 Å². The number of aliphatic hydroxyl groups is 2. The van der Waals surface area contributed by atoms with E-state index in [0.717, 1.165) is 0 Å². The first-order chi connectivity index (χ1) is 6.99. The maximum Gasteiger partial charge on any atom is 0.233 e. The van der Waals surface area contributed by atoms with E-state index in [9.17, 15) is 8.42 Å². The molecule has 0 spiro atoms. The van der Waals surface area contributed by atoms with E-state index < -0.39 is 22.1 Å². The number of nitrogens with one attached hydrogen (secondary N) is 2. The van der Waals surface area contributed by atoms with Crippen molar-refractivity contribution in [3.05, 3.63) is 30.3 Å². The van der Waals surface area contributed by atoms with E-state index in [2.05, 4.69) is 5.43 Å². The molecule has 1 aromatic rings. The van der Waals surface area contributed by atoms with Crippen LogP contribution in [0, 0.1) is 0 Å². The van der Waals surface area contributed by atoms with E-state index in [4.69, 9.17) is 10.2 Å². The predicted octanol–water partition coefficient (Wildman–Crippen LogP) is -0.756. The van der Waals surface area contributed by atoms with Crippen LogP contribution in [0.4, 0.5) is 5.69 Å². The fourth-order valence-corrected chi connectivity index (χ4v) is 1.65. The van der Waals surface area contributed by atoms with Gasteiger partial charge in [-0.25, -0.2) is 8.42 Å². The first-order valence-electron chi connectivity index (χ1n) is 4.16. The second-order valence-corrected chi connectivity index (χ2v) is 4.62. The smallest absolute Gasteiger partial charge is 0.233 e. The molecule has 0 bridgehead atoms. The van der Waals surface area contributed by atoms with Gasteiger partial charge in [-0.3, -0.25) is 0 Å². The van der Waals surface area contributed by atoms with Crippen molar-refractivity contribution in [2.24, 2.45) is 0 Å². The van der Waals surface area contributed by atoms with Crippen molar-refractivity contribution in [1.29, 1.82) is 0 Å². The summed E-state index contributed by atoms with van der Waals surface area (Å²) in [6, 6.07) is 8.59. The Morgan fingerprint density at radius 3 is 2.33 bits per heavy atom. The largest absolute Gasteiger partial charge is 0.367 e. The molecule has 0 saturated carbocycles. The summed E-state index contributed by atoms with van der Waals surface area (Å²) < 4.78 is 22.2. The van der Waals surface area contributed by atoms with Gasteiger partial charge in [-0.15, -0.1) is 4.83 Å². The Balaban J connectivity index is 2.50. The van der Waals surface area contributed by atoms with Crippen LogP contribution in [0.1, 0.15) is 0 Å².